The van der Waals surface area contributed by atoms with Crippen LogP contribution >= 0.6 is 7.94 Å². The van der Waals surface area contributed by atoms with Gasteiger partial charge in [0.05, 0.1) is 0 Å². The van der Waals surface area contributed by atoms with Gasteiger partial charge in [-0.1, -0.05) is 60.7 Å². The molecule has 0 saturated carbocycles. The fourth-order valence-electron chi connectivity index (χ4n) is 2.20. The monoisotopic (exact) mass is 277 g/mol. The van der Waals surface area contributed by atoms with Gasteiger partial charge in [-0.15, -0.1) is 0 Å². The molecule has 0 unspecified atom stereocenters. The summed E-state index contributed by atoms with van der Waals surface area (Å²) >= 11 is 0. The van der Waals surface area contributed by atoms with E-state index in [4.69, 9.17) is 0 Å². The van der Waals surface area contributed by atoms with Crippen molar-refractivity contribution < 1.29 is 14.7 Å². The number of benzene rings is 2. The number of hydrogen-bond acceptors (Lipinski definition) is 3. The van der Waals surface area contributed by atoms with E-state index < -0.39 is 7.94 Å². The molecule has 2 rings (SSSR count). The molecule has 3 nitrogen and oxygen atoms in total. The zero-order valence-electron chi connectivity index (χ0n) is 10.6. The summed E-state index contributed by atoms with van der Waals surface area (Å²) in [6.07, 6.45) is 0.521. The first-order chi connectivity index (χ1) is 9.06. The normalized spacial score (nSPS) is 11.8. The van der Waals surface area contributed by atoms with E-state index in [1.165, 1.54) is 0 Å². The van der Waals surface area contributed by atoms with Crippen LogP contribution in [0.3, 0.4) is 0 Å². The van der Waals surface area contributed by atoms with Gasteiger partial charge in [0.15, 0.2) is 0 Å². The molecule has 0 atom stereocenters. The lowest BCUT2D eigenvalue weighted by Crippen LogP contribution is -2.06. The summed E-state index contributed by atoms with van der Waals surface area (Å²) in [4.78, 5) is 27.5. The molecule has 0 aliphatic carbocycles. The van der Waals surface area contributed by atoms with Crippen molar-refractivity contribution in [2.75, 3.05) is 6.16 Å². The summed E-state index contributed by atoms with van der Waals surface area (Å²) < 4.78 is 0. The highest BCUT2D eigenvalue weighted by Crippen LogP contribution is 2.47. The second kappa shape index (κ2) is 6.27. The Balaban J connectivity index is 2.24. The van der Waals surface area contributed by atoms with Gasteiger partial charge in [0, 0.05) is 5.92 Å². The molecule has 19 heavy (non-hydrogen) atoms. The summed E-state index contributed by atoms with van der Waals surface area (Å²) in [5.41, 5.74) is 2.23. The van der Waals surface area contributed by atoms with Gasteiger partial charge in [0.2, 0.25) is 0 Å². The Morgan fingerprint density at radius 3 is 1.53 bits per heavy atom. The third kappa shape index (κ3) is 4.41. The average Bonchev–Trinajstić information content (AvgIpc) is 2.40. The van der Waals surface area contributed by atoms with Crippen LogP contribution in [0.5, 0.6) is 0 Å². The smallest absolute Gasteiger partial charge is 0.193 e. The lowest BCUT2D eigenvalue weighted by molar-refractivity contribution is 0.328. The molecule has 0 spiro atoms. The SMILES string of the molecule is O[P+](O)(O)CCC(c1ccccc1)c1ccccc1. The van der Waals surface area contributed by atoms with Crippen molar-refractivity contribution in [2.45, 2.75) is 12.3 Å². The van der Waals surface area contributed by atoms with Gasteiger partial charge in [-0.25, -0.2) is 0 Å². The van der Waals surface area contributed by atoms with E-state index in [0.29, 0.717) is 6.42 Å². The Labute approximate surface area is 113 Å². The average molecular weight is 277 g/mol. The van der Waals surface area contributed by atoms with E-state index in [1.54, 1.807) is 0 Å². The predicted octanol–water partition coefficient (Wildman–Crippen LogP) is 2.95. The maximum Gasteiger partial charge on any atom is 0.403 e. The Morgan fingerprint density at radius 2 is 1.16 bits per heavy atom. The van der Waals surface area contributed by atoms with Gasteiger partial charge in [-0.05, 0) is 17.5 Å². The van der Waals surface area contributed by atoms with Crippen molar-refractivity contribution in [1.29, 1.82) is 0 Å². The van der Waals surface area contributed by atoms with Crippen LogP contribution in [0.2, 0.25) is 0 Å². The topological polar surface area (TPSA) is 60.7 Å². The zero-order chi connectivity index (χ0) is 13.7. The van der Waals surface area contributed by atoms with Crippen molar-refractivity contribution in [2.24, 2.45) is 0 Å². The van der Waals surface area contributed by atoms with Crippen molar-refractivity contribution in [3.63, 3.8) is 0 Å². The summed E-state index contributed by atoms with van der Waals surface area (Å²) in [5.74, 6) is 0.0632. The summed E-state index contributed by atoms with van der Waals surface area (Å²) in [5, 5.41) is 0. The highest BCUT2D eigenvalue weighted by molar-refractivity contribution is 7.58. The third-order valence-corrected chi connectivity index (χ3v) is 3.98. The van der Waals surface area contributed by atoms with Gasteiger partial charge in [-0.2, -0.15) is 14.7 Å². The van der Waals surface area contributed by atoms with Crippen LogP contribution in [0.25, 0.3) is 0 Å². The fourth-order valence-corrected chi connectivity index (χ4v) is 2.80. The second-order valence-electron chi connectivity index (χ2n) is 4.58. The molecule has 100 valence electrons. The Hall–Kier alpha value is -1.25. The zero-order valence-corrected chi connectivity index (χ0v) is 11.4. The first-order valence-corrected chi connectivity index (χ1v) is 8.06. The molecule has 2 aromatic carbocycles. The molecule has 0 aromatic heterocycles. The summed E-state index contributed by atoms with van der Waals surface area (Å²) in [7, 11) is -3.71. The van der Waals surface area contributed by atoms with E-state index in [9.17, 15) is 14.7 Å². The highest BCUT2D eigenvalue weighted by atomic mass is 31.2. The minimum absolute atomic E-state index is 0.0153. The molecule has 0 bridgehead atoms. The molecule has 4 heteroatoms. The molecule has 0 aliphatic heterocycles. The summed E-state index contributed by atoms with van der Waals surface area (Å²) in [6, 6.07) is 19.8. The molecular formula is C15H18O3P+. The third-order valence-electron chi connectivity index (χ3n) is 3.12. The molecule has 0 aliphatic rings. The van der Waals surface area contributed by atoms with Gasteiger partial charge < -0.3 is 0 Å². The van der Waals surface area contributed by atoms with Crippen LogP contribution in [-0.2, 0) is 0 Å². The molecule has 0 amide bonds. The van der Waals surface area contributed by atoms with Crippen LogP contribution in [0, 0.1) is 0 Å². The molecule has 0 radical (unpaired) electrons. The fraction of sp³-hybridized carbons (Fsp3) is 0.200. The van der Waals surface area contributed by atoms with E-state index >= 15 is 0 Å². The van der Waals surface area contributed by atoms with Gasteiger partial charge in [0.25, 0.3) is 0 Å². The second-order valence-corrected chi connectivity index (χ2v) is 6.41. The van der Waals surface area contributed by atoms with Crippen molar-refractivity contribution in [1.82, 2.24) is 0 Å². The Kier molecular flexibility index (Phi) is 4.67. The first kappa shape index (κ1) is 14.2. The minimum Gasteiger partial charge on any atom is -0.193 e. The molecule has 0 fully saturated rings. The molecule has 0 heterocycles. The minimum atomic E-state index is -3.71. The Bertz CT molecular complexity index is 454. The van der Waals surface area contributed by atoms with Crippen molar-refractivity contribution in [3.05, 3.63) is 71.8 Å². The lowest BCUT2D eigenvalue weighted by Gasteiger charge is -2.17. The quantitative estimate of drug-likeness (QED) is 0.736. The van der Waals surface area contributed by atoms with Gasteiger partial charge in [0.1, 0.15) is 6.16 Å². The number of rotatable bonds is 5. The predicted molar refractivity (Wildman–Crippen MR) is 77.8 cm³/mol. The Morgan fingerprint density at radius 1 is 0.737 bits per heavy atom. The first-order valence-electron chi connectivity index (χ1n) is 6.22. The molecule has 2 aromatic rings. The van der Waals surface area contributed by atoms with Crippen LogP contribution in [0.4, 0.5) is 0 Å². The molecule has 0 saturated heterocycles. The highest BCUT2D eigenvalue weighted by Gasteiger charge is 2.31. The van der Waals surface area contributed by atoms with Crippen molar-refractivity contribution in [3.8, 4) is 0 Å². The van der Waals surface area contributed by atoms with Crippen molar-refractivity contribution >= 4 is 7.94 Å². The van der Waals surface area contributed by atoms with E-state index in [0.717, 1.165) is 11.1 Å². The maximum absolute atomic E-state index is 9.18. The van der Waals surface area contributed by atoms with E-state index in [2.05, 4.69) is 0 Å². The number of hydrogen-bond donors (Lipinski definition) is 3. The van der Waals surface area contributed by atoms with Gasteiger partial charge in [-0.3, -0.25) is 0 Å². The largest absolute Gasteiger partial charge is 0.403 e. The van der Waals surface area contributed by atoms with E-state index in [1.807, 2.05) is 60.7 Å². The van der Waals surface area contributed by atoms with Crippen LogP contribution in [0.1, 0.15) is 23.5 Å². The standard InChI is InChI=1S/C15H18O3P/c16-19(17,18)12-11-15(13-7-3-1-4-8-13)14-9-5-2-6-10-14/h1-10,15-18H,11-12H2/q+1. The maximum atomic E-state index is 9.18. The van der Waals surface area contributed by atoms with Crippen LogP contribution in [0.15, 0.2) is 60.7 Å². The summed E-state index contributed by atoms with van der Waals surface area (Å²) in [6.45, 7) is 0. The molecular weight excluding hydrogens is 259 g/mol. The van der Waals surface area contributed by atoms with Crippen LogP contribution in [-0.4, -0.2) is 20.8 Å². The molecule has 3 N–H and O–H groups in total. The van der Waals surface area contributed by atoms with E-state index in [-0.39, 0.29) is 12.1 Å². The lowest BCUT2D eigenvalue weighted by atomic mass is 9.89. The van der Waals surface area contributed by atoms with Gasteiger partial charge >= 0.3 is 7.94 Å². The van der Waals surface area contributed by atoms with Crippen LogP contribution < -0.4 is 0 Å².